The lowest BCUT2D eigenvalue weighted by Gasteiger charge is -2.30. The highest BCUT2D eigenvalue weighted by Gasteiger charge is 2.32. The highest BCUT2D eigenvalue weighted by atomic mass is 35.5. The van der Waals surface area contributed by atoms with E-state index in [9.17, 15) is 18.0 Å². The van der Waals surface area contributed by atoms with E-state index in [1.807, 2.05) is 7.05 Å². The number of ether oxygens (including phenoxy) is 3. The van der Waals surface area contributed by atoms with Crippen molar-refractivity contribution in [1.82, 2.24) is 14.9 Å². The third-order valence-electron chi connectivity index (χ3n) is 6.33. The normalized spacial score (nSPS) is 16.0. The van der Waals surface area contributed by atoms with Crippen molar-refractivity contribution >= 4 is 29.0 Å². The second-order valence-corrected chi connectivity index (χ2v) is 9.57. The molecule has 2 N–H and O–H groups in total. The summed E-state index contributed by atoms with van der Waals surface area (Å²) < 4.78 is 57.9. The van der Waals surface area contributed by atoms with Crippen LogP contribution in [-0.2, 0) is 6.18 Å². The summed E-state index contributed by atoms with van der Waals surface area (Å²) in [5, 5.41) is 5.82. The molecule has 2 aliphatic heterocycles. The van der Waals surface area contributed by atoms with Crippen LogP contribution in [0, 0.1) is 0 Å². The predicted octanol–water partition coefficient (Wildman–Crippen LogP) is 5.47. The third kappa shape index (κ3) is 6.28. The maximum absolute atomic E-state index is 13.5. The van der Waals surface area contributed by atoms with Crippen molar-refractivity contribution in [1.29, 1.82) is 0 Å². The summed E-state index contributed by atoms with van der Waals surface area (Å²) in [5.74, 6) is 0.442. The predicted molar refractivity (Wildman–Crippen MR) is 138 cm³/mol. The molecule has 3 aromatic rings. The Labute approximate surface area is 227 Å². The Hall–Kier alpha value is -3.77. The summed E-state index contributed by atoms with van der Waals surface area (Å²) >= 11 is 6.30. The Morgan fingerprint density at radius 2 is 1.95 bits per heavy atom. The number of benzene rings is 2. The number of carbonyl (C=O) groups excluding carboxylic acids is 1. The first-order chi connectivity index (χ1) is 18.7. The van der Waals surface area contributed by atoms with Gasteiger partial charge in [-0.15, -0.1) is 0 Å². The SMILES string of the molecule is CN1CCC(Oc2ccc(C(F)(F)F)cc2NC(=O)c2ccc(Cl)c(Oc3ncnc4c3OCCN4)c2)CC1. The number of nitrogens with one attached hydrogen (secondary N) is 2. The van der Waals surface area contributed by atoms with E-state index in [1.54, 1.807) is 0 Å². The lowest BCUT2D eigenvalue weighted by atomic mass is 10.1. The van der Waals surface area contributed by atoms with Gasteiger partial charge in [-0.2, -0.15) is 18.2 Å². The van der Waals surface area contributed by atoms with Crippen LogP contribution in [0.25, 0.3) is 0 Å². The van der Waals surface area contributed by atoms with Gasteiger partial charge in [0, 0.05) is 18.7 Å². The molecule has 1 amide bonds. The zero-order chi connectivity index (χ0) is 27.6. The van der Waals surface area contributed by atoms with Gasteiger partial charge in [0.05, 0.1) is 22.8 Å². The van der Waals surface area contributed by atoms with Gasteiger partial charge in [0.25, 0.3) is 11.8 Å². The molecule has 9 nitrogen and oxygen atoms in total. The molecular weight excluding hydrogens is 539 g/mol. The van der Waals surface area contributed by atoms with Gasteiger partial charge in [-0.1, -0.05) is 11.6 Å². The Bertz CT molecular complexity index is 1370. The minimum Gasteiger partial charge on any atom is -0.488 e. The zero-order valence-electron chi connectivity index (χ0n) is 20.8. The van der Waals surface area contributed by atoms with Gasteiger partial charge < -0.3 is 29.7 Å². The molecule has 0 bridgehead atoms. The summed E-state index contributed by atoms with van der Waals surface area (Å²) in [7, 11) is 1.99. The van der Waals surface area contributed by atoms with Gasteiger partial charge in [-0.3, -0.25) is 4.79 Å². The third-order valence-corrected chi connectivity index (χ3v) is 6.64. The van der Waals surface area contributed by atoms with E-state index in [0.717, 1.165) is 38.1 Å². The molecule has 0 radical (unpaired) electrons. The quantitative estimate of drug-likeness (QED) is 0.407. The lowest BCUT2D eigenvalue weighted by molar-refractivity contribution is -0.137. The fourth-order valence-corrected chi connectivity index (χ4v) is 4.38. The molecule has 206 valence electrons. The largest absolute Gasteiger partial charge is 0.488 e. The monoisotopic (exact) mass is 563 g/mol. The molecular formula is C26H25ClF3N5O4. The number of hydrogen-bond donors (Lipinski definition) is 2. The number of fused-ring (bicyclic) bond motifs is 1. The number of alkyl halides is 3. The van der Waals surface area contributed by atoms with E-state index in [1.165, 1.54) is 30.6 Å². The molecule has 39 heavy (non-hydrogen) atoms. The summed E-state index contributed by atoms with van der Waals surface area (Å²) in [4.78, 5) is 23.5. The smallest absolute Gasteiger partial charge is 0.416 e. The van der Waals surface area contributed by atoms with E-state index >= 15 is 0 Å². The molecule has 2 aliphatic rings. The topological polar surface area (TPSA) is 97.8 Å². The summed E-state index contributed by atoms with van der Waals surface area (Å²) in [5.41, 5.74) is -0.898. The van der Waals surface area contributed by atoms with E-state index in [-0.39, 0.29) is 39.8 Å². The number of hydrogen-bond acceptors (Lipinski definition) is 8. The first kappa shape index (κ1) is 26.8. The van der Waals surface area contributed by atoms with Gasteiger partial charge in [0.1, 0.15) is 30.5 Å². The van der Waals surface area contributed by atoms with Crippen molar-refractivity contribution in [3.05, 3.63) is 58.9 Å². The molecule has 0 aliphatic carbocycles. The highest BCUT2D eigenvalue weighted by Crippen LogP contribution is 2.39. The number of aromatic nitrogens is 2. The van der Waals surface area contributed by atoms with Crippen LogP contribution in [0.2, 0.25) is 5.02 Å². The summed E-state index contributed by atoms with van der Waals surface area (Å²) in [6.45, 7) is 2.55. The van der Waals surface area contributed by atoms with Crippen molar-refractivity contribution in [3.63, 3.8) is 0 Å². The molecule has 3 heterocycles. The lowest BCUT2D eigenvalue weighted by Crippen LogP contribution is -2.35. The van der Waals surface area contributed by atoms with Gasteiger partial charge in [0.15, 0.2) is 5.82 Å². The fraction of sp³-hybridized carbons (Fsp3) is 0.346. The number of nitrogens with zero attached hydrogens (tertiary/aromatic N) is 3. The molecule has 2 aromatic carbocycles. The van der Waals surface area contributed by atoms with Gasteiger partial charge in [-0.25, -0.2) is 4.98 Å². The molecule has 1 fully saturated rings. The maximum Gasteiger partial charge on any atom is 0.416 e. The van der Waals surface area contributed by atoms with E-state index in [4.69, 9.17) is 25.8 Å². The number of anilines is 2. The Balaban J connectivity index is 1.39. The van der Waals surface area contributed by atoms with Crippen molar-refractivity contribution in [2.75, 3.05) is 43.9 Å². The number of piperidine rings is 1. The minimum absolute atomic E-state index is 0.0875. The van der Waals surface area contributed by atoms with Crippen LogP contribution in [0.4, 0.5) is 24.7 Å². The average Bonchev–Trinajstić information content (AvgIpc) is 2.91. The minimum atomic E-state index is -4.60. The Morgan fingerprint density at radius 1 is 1.15 bits per heavy atom. The fourth-order valence-electron chi connectivity index (χ4n) is 4.22. The molecule has 0 spiro atoms. The van der Waals surface area contributed by atoms with Crippen LogP contribution < -0.4 is 24.8 Å². The first-order valence-corrected chi connectivity index (χ1v) is 12.6. The van der Waals surface area contributed by atoms with Crippen molar-refractivity contribution in [2.24, 2.45) is 0 Å². The number of halogens is 4. The number of likely N-dealkylation sites (tertiary alicyclic amines) is 1. The molecule has 13 heteroatoms. The number of carbonyl (C=O) groups is 1. The molecule has 0 unspecified atom stereocenters. The molecule has 1 aromatic heterocycles. The van der Waals surface area contributed by atoms with Crippen LogP contribution in [0.15, 0.2) is 42.7 Å². The summed E-state index contributed by atoms with van der Waals surface area (Å²) in [6.07, 6.45) is -2.05. The van der Waals surface area contributed by atoms with Crippen LogP contribution in [0.3, 0.4) is 0 Å². The van der Waals surface area contributed by atoms with Crippen molar-refractivity contribution < 1.29 is 32.2 Å². The van der Waals surface area contributed by atoms with Crippen LogP contribution in [-0.4, -0.2) is 60.2 Å². The van der Waals surface area contributed by atoms with Crippen LogP contribution in [0.1, 0.15) is 28.8 Å². The van der Waals surface area contributed by atoms with Crippen molar-refractivity contribution in [3.8, 4) is 23.1 Å². The summed E-state index contributed by atoms with van der Waals surface area (Å²) in [6, 6.07) is 7.29. The Kier molecular flexibility index (Phi) is 7.67. The number of amides is 1. The Morgan fingerprint density at radius 3 is 2.72 bits per heavy atom. The molecule has 1 saturated heterocycles. The molecule has 5 rings (SSSR count). The highest BCUT2D eigenvalue weighted by molar-refractivity contribution is 6.32. The molecule has 0 saturated carbocycles. The van der Waals surface area contributed by atoms with E-state index in [0.29, 0.717) is 24.7 Å². The van der Waals surface area contributed by atoms with E-state index in [2.05, 4.69) is 25.5 Å². The first-order valence-electron chi connectivity index (χ1n) is 12.2. The molecule has 0 atom stereocenters. The second-order valence-electron chi connectivity index (χ2n) is 9.16. The van der Waals surface area contributed by atoms with Crippen LogP contribution in [0.5, 0.6) is 23.1 Å². The van der Waals surface area contributed by atoms with Gasteiger partial charge in [0.2, 0.25) is 5.75 Å². The van der Waals surface area contributed by atoms with Gasteiger partial charge >= 0.3 is 6.18 Å². The maximum atomic E-state index is 13.5. The van der Waals surface area contributed by atoms with Crippen molar-refractivity contribution in [2.45, 2.75) is 25.1 Å². The number of rotatable bonds is 6. The zero-order valence-corrected chi connectivity index (χ0v) is 21.6. The standard InChI is InChI=1S/C26H25ClF3N5O4/c1-35-9-6-17(7-10-35)38-20-5-3-16(26(28,29)30)13-19(20)34-24(36)15-2-4-18(27)21(12-15)39-25-22-23(32-14-33-25)31-8-11-37-22/h2-5,12-14,17H,6-11H2,1H3,(H,34,36)(H,31,32,33). The van der Waals surface area contributed by atoms with Gasteiger partial charge in [-0.05, 0) is 56.3 Å². The average molecular weight is 564 g/mol. The van der Waals surface area contributed by atoms with E-state index < -0.39 is 17.6 Å². The second kappa shape index (κ2) is 11.1. The van der Waals surface area contributed by atoms with Crippen LogP contribution >= 0.6 is 11.6 Å².